The molecule has 9 heteroatoms. The first-order valence-corrected chi connectivity index (χ1v) is 15.5. The predicted molar refractivity (Wildman–Crippen MR) is 152 cm³/mol. The maximum Gasteiger partial charge on any atom is 0.409 e. The van der Waals surface area contributed by atoms with Gasteiger partial charge in [-0.15, -0.1) is 0 Å². The first-order chi connectivity index (χ1) is 18.9. The quantitative estimate of drug-likeness (QED) is 0.0948. The van der Waals surface area contributed by atoms with E-state index >= 15 is 0 Å². The van der Waals surface area contributed by atoms with Gasteiger partial charge in [0.05, 0.1) is 12.6 Å². The molecule has 0 bridgehead atoms. The third kappa shape index (κ3) is 17.4. The second kappa shape index (κ2) is 22.9. The second-order valence-corrected chi connectivity index (χ2v) is 10.9. The zero-order valence-corrected chi connectivity index (χ0v) is 25.0. The summed E-state index contributed by atoms with van der Waals surface area (Å²) in [5.41, 5.74) is 0. The highest BCUT2D eigenvalue weighted by Crippen LogP contribution is 2.15. The van der Waals surface area contributed by atoms with Gasteiger partial charge in [0.25, 0.3) is 0 Å². The molecule has 228 valence electrons. The molecule has 1 atom stereocenters. The zero-order valence-electron chi connectivity index (χ0n) is 25.0. The lowest BCUT2D eigenvalue weighted by atomic mass is 10.1. The smallest absolute Gasteiger partial charge is 0.409 e. The first kappa shape index (κ1) is 35.2. The fraction of sp³-hybridized carbons (Fsp3) is 0.900. The molecule has 0 aromatic rings. The number of carbonyl (C=O) groups excluding carboxylic acids is 3. The van der Waals surface area contributed by atoms with Crippen LogP contribution in [-0.4, -0.2) is 91.6 Å². The molecule has 1 saturated heterocycles. The molecule has 1 amide bonds. The van der Waals surface area contributed by atoms with Gasteiger partial charge < -0.3 is 24.2 Å². The van der Waals surface area contributed by atoms with Crippen molar-refractivity contribution in [1.29, 1.82) is 0 Å². The van der Waals surface area contributed by atoms with Crippen LogP contribution < -0.4 is 0 Å². The fourth-order valence-corrected chi connectivity index (χ4v) is 4.60. The molecule has 9 nitrogen and oxygen atoms in total. The summed E-state index contributed by atoms with van der Waals surface area (Å²) in [5, 5.41) is 9.03. The number of rotatable bonds is 24. The van der Waals surface area contributed by atoms with Crippen LogP contribution in [0.15, 0.2) is 0 Å². The molecule has 39 heavy (non-hydrogen) atoms. The Hall–Kier alpha value is -1.87. The molecule has 1 aliphatic rings. The normalized spacial score (nSPS) is 14.5. The van der Waals surface area contributed by atoms with Crippen molar-refractivity contribution in [2.24, 2.45) is 0 Å². The van der Waals surface area contributed by atoms with Gasteiger partial charge in [-0.05, 0) is 12.8 Å². The van der Waals surface area contributed by atoms with Gasteiger partial charge in [-0.3, -0.25) is 14.5 Å². The Labute approximate surface area is 236 Å². The van der Waals surface area contributed by atoms with Crippen molar-refractivity contribution >= 4 is 18.0 Å². The number of amides is 1. The lowest BCUT2D eigenvalue weighted by Gasteiger charge is -2.43. The van der Waals surface area contributed by atoms with Crippen molar-refractivity contribution in [1.82, 2.24) is 9.80 Å². The molecule has 0 aromatic heterocycles. The van der Waals surface area contributed by atoms with E-state index in [2.05, 4.69) is 13.8 Å². The van der Waals surface area contributed by atoms with Crippen LogP contribution in [0.4, 0.5) is 4.79 Å². The summed E-state index contributed by atoms with van der Waals surface area (Å²) < 4.78 is 16.4. The molecule has 1 fully saturated rings. The SMILES string of the molecule is CCCCCCCCCC(=O)OCC(COC(=O)N(C)C1CN(CCO)C1)OC(=O)CCCCCCCCC. The van der Waals surface area contributed by atoms with Crippen LogP contribution in [0.5, 0.6) is 0 Å². The topological polar surface area (TPSA) is 106 Å². The predicted octanol–water partition coefficient (Wildman–Crippen LogP) is 5.47. The number of likely N-dealkylation sites (tertiary alicyclic amines) is 1. The standard InChI is InChI=1S/C30H56N2O7/c1-4-6-8-10-12-14-16-18-28(34)37-24-27(39-29(35)19-17-15-13-11-9-7-5-2)25-38-30(36)31(3)26-22-32(23-26)20-21-33/h26-27,33H,4-25H2,1-3H3. The van der Waals surface area contributed by atoms with Gasteiger partial charge >= 0.3 is 18.0 Å². The fourth-order valence-electron chi connectivity index (χ4n) is 4.60. The Morgan fingerprint density at radius 2 is 1.26 bits per heavy atom. The number of carbonyl (C=O) groups is 3. The Morgan fingerprint density at radius 3 is 1.79 bits per heavy atom. The highest BCUT2D eigenvalue weighted by molar-refractivity contribution is 5.70. The number of nitrogens with zero attached hydrogens (tertiary/aromatic N) is 2. The largest absolute Gasteiger partial charge is 0.462 e. The van der Waals surface area contributed by atoms with Gasteiger partial charge in [0.2, 0.25) is 0 Å². The minimum Gasteiger partial charge on any atom is -0.462 e. The highest BCUT2D eigenvalue weighted by Gasteiger charge is 2.33. The molecule has 0 radical (unpaired) electrons. The van der Waals surface area contributed by atoms with Crippen LogP contribution in [0, 0.1) is 0 Å². The lowest BCUT2D eigenvalue weighted by molar-refractivity contribution is -0.161. The van der Waals surface area contributed by atoms with Crippen LogP contribution in [0.2, 0.25) is 0 Å². The number of unbranched alkanes of at least 4 members (excludes halogenated alkanes) is 12. The summed E-state index contributed by atoms with van der Waals surface area (Å²) in [4.78, 5) is 40.8. The average molecular weight is 557 g/mol. The molecule has 1 unspecified atom stereocenters. The Morgan fingerprint density at radius 1 is 0.769 bits per heavy atom. The summed E-state index contributed by atoms with van der Waals surface area (Å²) in [6.45, 7) is 6.13. The van der Waals surface area contributed by atoms with Gasteiger partial charge in [0.15, 0.2) is 6.10 Å². The van der Waals surface area contributed by atoms with E-state index in [1.54, 1.807) is 7.05 Å². The van der Waals surface area contributed by atoms with Crippen LogP contribution in [0.25, 0.3) is 0 Å². The number of aliphatic hydroxyl groups excluding tert-OH is 1. The molecule has 0 aliphatic carbocycles. The molecule has 0 saturated carbocycles. The Balaban J connectivity index is 2.42. The van der Waals surface area contributed by atoms with E-state index in [-0.39, 0.29) is 37.8 Å². The summed E-state index contributed by atoms with van der Waals surface area (Å²) in [7, 11) is 1.67. The first-order valence-electron chi connectivity index (χ1n) is 15.5. The summed E-state index contributed by atoms with van der Waals surface area (Å²) in [5.74, 6) is -0.682. The van der Waals surface area contributed by atoms with Crippen LogP contribution in [0.1, 0.15) is 117 Å². The molecular formula is C30H56N2O7. The van der Waals surface area contributed by atoms with E-state index in [4.69, 9.17) is 19.3 Å². The number of β-amino-alcohol motifs (C(OH)–C–C–N with tert-alkyl or cyclic N) is 1. The van der Waals surface area contributed by atoms with Crippen molar-refractivity contribution in [3.8, 4) is 0 Å². The monoisotopic (exact) mass is 556 g/mol. The molecule has 0 aromatic carbocycles. The maximum absolute atomic E-state index is 12.5. The lowest BCUT2D eigenvalue weighted by Crippen LogP contribution is -2.60. The second-order valence-electron chi connectivity index (χ2n) is 10.9. The number of likely N-dealkylation sites (N-methyl/N-ethyl adjacent to an activating group) is 1. The van der Waals surface area contributed by atoms with Crippen LogP contribution >= 0.6 is 0 Å². The molecule has 1 heterocycles. The maximum atomic E-state index is 12.5. The summed E-state index contributed by atoms with van der Waals surface area (Å²) in [6, 6.07) is 0.0159. The van der Waals surface area contributed by atoms with Crippen molar-refractivity contribution in [3.63, 3.8) is 0 Å². The Kier molecular flexibility index (Phi) is 20.6. The van der Waals surface area contributed by atoms with Crippen LogP contribution in [-0.2, 0) is 23.8 Å². The third-order valence-corrected chi connectivity index (χ3v) is 7.28. The highest BCUT2D eigenvalue weighted by atomic mass is 16.6. The van der Waals surface area contributed by atoms with Crippen molar-refractivity contribution in [3.05, 3.63) is 0 Å². The number of esters is 2. The molecule has 1 N–H and O–H groups in total. The van der Waals surface area contributed by atoms with Gasteiger partial charge in [0.1, 0.15) is 13.2 Å². The Bertz CT molecular complexity index is 655. The third-order valence-electron chi connectivity index (χ3n) is 7.28. The number of ether oxygens (including phenoxy) is 3. The van der Waals surface area contributed by atoms with Gasteiger partial charge in [-0.2, -0.15) is 0 Å². The van der Waals surface area contributed by atoms with E-state index in [0.717, 1.165) is 38.5 Å². The summed E-state index contributed by atoms with van der Waals surface area (Å²) in [6.07, 6.45) is 14.8. The van der Waals surface area contributed by atoms with Crippen molar-refractivity contribution < 1.29 is 33.7 Å². The number of hydrogen-bond donors (Lipinski definition) is 1. The van der Waals surface area contributed by atoms with E-state index in [1.165, 1.54) is 56.3 Å². The van der Waals surface area contributed by atoms with E-state index in [0.29, 0.717) is 32.5 Å². The molecular weight excluding hydrogens is 500 g/mol. The minimum absolute atomic E-state index is 0.0159. The molecule has 1 rings (SSSR count). The molecule has 1 aliphatic heterocycles. The van der Waals surface area contributed by atoms with Crippen LogP contribution in [0.3, 0.4) is 0 Å². The van der Waals surface area contributed by atoms with Gasteiger partial charge in [-0.25, -0.2) is 4.79 Å². The van der Waals surface area contributed by atoms with E-state index in [1.807, 2.05) is 4.90 Å². The molecule has 0 spiro atoms. The number of hydrogen-bond acceptors (Lipinski definition) is 8. The van der Waals surface area contributed by atoms with E-state index < -0.39 is 12.2 Å². The summed E-state index contributed by atoms with van der Waals surface area (Å²) >= 11 is 0. The van der Waals surface area contributed by atoms with Crippen molar-refractivity contribution in [2.75, 3.05) is 46.5 Å². The average Bonchev–Trinajstić information content (AvgIpc) is 2.90. The zero-order chi connectivity index (χ0) is 28.7. The number of aliphatic hydroxyl groups is 1. The van der Waals surface area contributed by atoms with Gasteiger partial charge in [0, 0.05) is 39.5 Å². The van der Waals surface area contributed by atoms with E-state index in [9.17, 15) is 14.4 Å². The minimum atomic E-state index is -0.829. The van der Waals surface area contributed by atoms with Crippen molar-refractivity contribution in [2.45, 2.75) is 129 Å². The van der Waals surface area contributed by atoms with Gasteiger partial charge in [-0.1, -0.05) is 90.9 Å².